The van der Waals surface area contributed by atoms with Gasteiger partial charge in [0.15, 0.2) is 5.96 Å². The van der Waals surface area contributed by atoms with E-state index < -0.39 is 0 Å². The van der Waals surface area contributed by atoms with Crippen molar-refractivity contribution in [3.63, 3.8) is 0 Å². The van der Waals surface area contributed by atoms with Crippen molar-refractivity contribution in [2.45, 2.75) is 59.9 Å². The predicted molar refractivity (Wildman–Crippen MR) is 105 cm³/mol. The number of hydrogen-bond acceptors (Lipinski definition) is 3. The van der Waals surface area contributed by atoms with Crippen molar-refractivity contribution >= 4 is 17.7 Å². The van der Waals surface area contributed by atoms with E-state index in [1.165, 1.54) is 6.42 Å². The number of nitrogens with zero attached hydrogens (tertiary/aromatic N) is 2. The molecule has 0 saturated carbocycles. The lowest BCUT2D eigenvalue weighted by atomic mass is 10.0. The molecule has 1 atom stereocenters. The van der Waals surface area contributed by atoms with Gasteiger partial charge in [0.2, 0.25) is 5.91 Å². The maximum atomic E-state index is 12.0. The number of carbonyl (C=O) groups excluding carboxylic acids is 1. The first-order valence-electron chi connectivity index (χ1n) is 9.18. The molecule has 140 valence electrons. The number of carbonyl (C=O) groups is 1. The number of hydrogen-bond donors (Lipinski definition) is 3. The fourth-order valence-electron chi connectivity index (χ4n) is 2.23. The summed E-state index contributed by atoms with van der Waals surface area (Å²) in [6.45, 7) is 11.8. The highest BCUT2D eigenvalue weighted by Crippen LogP contribution is 2.06. The summed E-state index contributed by atoms with van der Waals surface area (Å²) < 4.78 is 0. The standard InChI is InChI=1S/C19H33N5O/c1-6-20-19(23-16(5)9-7-14(2)3)21-12-11-18(25)24-17-10-8-15(4)13-22-17/h8,10,13-14,16H,6-7,9,11-12H2,1-5H3,(H2,20,21,23)(H,22,24,25). The Morgan fingerprint density at radius 2 is 2.00 bits per heavy atom. The summed E-state index contributed by atoms with van der Waals surface area (Å²) in [5, 5.41) is 9.41. The Balaban J connectivity index is 2.42. The van der Waals surface area contributed by atoms with Crippen molar-refractivity contribution in [1.29, 1.82) is 0 Å². The van der Waals surface area contributed by atoms with Crippen molar-refractivity contribution in [2.75, 3.05) is 18.4 Å². The van der Waals surface area contributed by atoms with Gasteiger partial charge in [0.25, 0.3) is 0 Å². The van der Waals surface area contributed by atoms with Gasteiger partial charge in [-0.05, 0) is 51.2 Å². The maximum absolute atomic E-state index is 12.0. The monoisotopic (exact) mass is 347 g/mol. The molecule has 0 fully saturated rings. The van der Waals surface area contributed by atoms with Gasteiger partial charge >= 0.3 is 0 Å². The summed E-state index contributed by atoms with van der Waals surface area (Å²) in [7, 11) is 0. The molecule has 0 aliphatic heterocycles. The minimum atomic E-state index is -0.0798. The van der Waals surface area contributed by atoms with E-state index in [9.17, 15) is 4.79 Å². The van der Waals surface area contributed by atoms with Gasteiger partial charge in [-0.2, -0.15) is 0 Å². The highest BCUT2D eigenvalue weighted by molar-refractivity contribution is 5.90. The molecule has 1 heterocycles. The number of aliphatic imine (C=N–C) groups is 1. The molecular formula is C19H33N5O. The van der Waals surface area contributed by atoms with Crippen LogP contribution in [0, 0.1) is 12.8 Å². The van der Waals surface area contributed by atoms with E-state index >= 15 is 0 Å². The number of aryl methyl sites for hydroxylation is 1. The molecule has 6 nitrogen and oxygen atoms in total. The van der Waals surface area contributed by atoms with E-state index in [-0.39, 0.29) is 5.91 Å². The Kier molecular flexibility index (Phi) is 9.58. The van der Waals surface area contributed by atoms with Gasteiger partial charge < -0.3 is 16.0 Å². The van der Waals surface area contributed by atoms with Crippen molar-refractivity contribution < 1.29 is 4.79 Å². The molecule has 0 aromatic carbocycles. The van der Waals surface area contributed by atoms with Gasteiger partial charge in [-0.25, -0.2) is 4.98 Å². The van der Waals surface area contributed by atoms with E-state index in [1.54, 1.807) is 12.3 Å². The summed E-state index contributed by atoms with van der Waals surface area (Å²) in [4.78, 5) is 20.6. The predicted octanol–water partition coefficient (Wildman–Crippen LogP) is 3.10. The molecule has 3 N–H and O–H groups in total. The molecule has 1 rings (SSSR count). The third-order valence-electron chi connectivity index (χ3n) is 3.69. The second-order valence-electron chi connectivity index (χ2n) is 6.80. The molecule has 0 aliphatic carbocycles. The molecule has 1 amide bonds. The molecule has 25 heavy (non-hydrogen) atoms. The molecule has 0 radical (unpaired) electrons. The summed E-state index contributed by atoms with van der Waals surface area (Å²) >= 11 is 0. The van der Waals surface area contributed by atoms with Crippen LogP contribution in [0.2, 0.25) is 0 Å². The second kappa shape index (κ2) is 11.4. The van der Waals surface area contributed by atoms with E-state index in [1.807, 2.05) is 19.9 Å². The Bertz CT molecular complexity index is 539. The normalized spacial score (nSPS) is 12.8. The molecule has 1 aromatic heterocycles. The number of amides is 1. The zero-order valence-corrected chi connectivity index (χ0v) is 16.2. The van der Waals surface area contributed by atoms with Gasteiger partial charge in [-0.3, -0.25) is 9.79 Å². The second-order valence-corrected chi connectivity index (χ2v) is 6.80. The zero-order chi connectivity index (χ0) is 18.7. The lowest BCUT2D eigenvalue weighted by Crippen LogP contribution is -2.42. The first kappa shape index (κ1) is 20.9. The maximum Gasteiger partial charge on any atom is 0.227 e. The van der Waals surface area contributed by atoms with Crippen LogP contribution < -0.4 is 16.0 Å². The first-order chi connectivity index (χ1) is 11.9. The largest absolute Gasteiger partial charge is 0.357 e. The average Bonchev–Trinajstić information content (AvgIpc) is 2.55. The fourth-order valence-corrected chi connectivity index (χ4v) is 2.23. The molecule has 6 heteroatoms. The van der Waals surface area contributed by atoms with E-state index in [4.69, 9.17) is 0 Å². The number of guanidine groups is 1. The molecule has 0 aliphatic rings. The summed E-state index contributed by atoms with van der Waals surface area (Å²) in [5.74, 6) is 1.96. The van der Waals surface area contributed by atoms with Crippen LogP contribution in [-0.4, -0.2) is 36.0 Å². The molecule has 1 unspecified atom stereocenters. The van der Waals surface area contributed by atoms with Crippen LogP contribution in [0.4, 0.5) is 5.82 Å². The van der Waals surface area contributed by atoms with Crippen LogP contribution in [0.1, 0.15) is 52.5 Å². The summed E-state index contributed by atoms with van der Waals surface area (Å²) in [6, 6.07) is 4.08. The smallest absolute Gasteiger partial charge is 0.227 e. The van der Waals surface area contributed by atoms with Gasteiger partial charge in [0, 0.05) is 25.2 Å². The van der Waals surface area contributed by atoms with Crippen molar-refractivity contribution in [1.82, 2.24) is 15.6 Å². The highest BCUT2D eigenvalue weighted by Gasteiger charge is 2.07. The van der Waals surface area contributed by atoms with Crippen LogP contribution in [0.25, 0.3) is 0 Å². The molecule has 0 spiro atoms. The Morgan fingerprint density at radius 3 is 2.60 bits per heavy atom. The third kappa shape index (κ3) is 9.69. The van der Waals surface area contributed by atoms with Crippen LogP contribution in [0.5, 0.6) is 0 Å². The van der Waals surface area contributed by atoms with Crippen LogP contribution in [0.3, 0.4) is 0 Å². The van der Waals surface area contributed by atoms with Crippen LogP contribution in [0.15, 0.2) is 23.3 Å². The minimum absolute atomic E-state index is 0.0798. The van der Waals surface area contributed by atoms with Gasteiger partial charge in [-0.15, -0.1) is 0 Å². The molecule has 0 bridgehead atoms. The Hall–Kier alpha value is -2.11. The van der Waals surface area contributed by atoms with Crippen molar-refractivity contribution in [3.05, 3.63) is 23.9 Å². The zero-order valence-electron chi connectivity index (χ0n) is 16.2. The summed E-state index contributed by atoms with van der Waals surface area (Å²) in [5.41, 5.74) is 1.07. The van der Waals surface area contributed by atoms with E-state index in [2.05, 4.69) is 46.7 Å². The van der Waals surface area contributed by atoms with Gasteiger partial charge in [0.05, 0.1) is 6.54 Å². The Morgan fingerprint density at radius 1 is 1.24 bits per heavy atom. The Labute approximate surface area is 151 Å². The quantitative estimate of drug-likeness (QED) is 0.474. The van der Waals surface area contributed by atoms with Gasteiger partial charge in [0.1, 0.15) is 5.82 Å². The number of rotatable bonds is 9. The van der Waals surface area contributed by atoms with Crippen molar-refractivity contribution in [3.8, 4) is 0 Å². The molecule has 0 saturated heterocycles. The SMILES string of the molecule is CCNC(=NCCC(=O)Nc1ccc(C)cn1)NC(C)CCC(C)C. The van der Waals surface area contributed by atoms with E-state index in [0.717, 1.165) is 24.5 Å². The lowest BCUT2D eigenvalue weighted by molar-refractivity contribution is -0.116. The molecule has 1 aromatic rings. The third-order valence-corrected chi connectivity index (χ3v) is 3.69. The van der Waals surface area contributed by atoms with Gasteiger partial charge in [-0.1, -0.05) is 19.9 Å². The van der Waals surface area contributed by atoms with E-state index in [0.29, 0.717) is 30.7 Å². The number of pyridine rings is 1. The molecular weight excluding hydrogens is 314 g/mol. The highest BCUT2D eigenvalue weighted by atomic mass is 16.1. The average molecular weight is 348 g/mol. The first-order valence-corrected chi connectivity index (χ1v) is 9.18. The van der Waals surface area contributed by atoms with Crippen molar-refractivity contribution in [2.24, 2.45) is 10.9 Å². The van der Waals surface area contributed by atoms with Crippen LogP contribution in [-0.2, 0) is 4.79 Å². The topological polar surface area (TPSA) is 78.4 Å². The fraction of sp³-hybridized carbons (Fsp3) is 0.632. The number of nitrogens with one attached hydrogen (secondary N) is 3. The van der Waals surface area contributed by atoms with Crippen LogP contribution >= 0.6 is 0 Å². The number of aromatic nitrogens is 1. The minimum Gasteiger partial charge on any atom is -0.357 e. The lowest BCUT2D eigenvalue weighted by Gasteiger charge is -2.18. The number of anilines is 1. The summed E-state index contributed by atoms with van der Waals surface area (Å²) in [6.07, 6.45) is 4.34.